The number of benzene rings is 2. The van der Waals surface area contributed by atoms with E-state index in [1.54, 1.807) is 19.1 Å². The first-order chi connectivity index (χ1) is 11.9. The molecule has 25 heavy (non-hydrogen) atoms. The van der Waals surface area contributed by atoms with Crippen LogP contribution in [0.25, 0.3) is 0 Å². The van der Waals surface area contributed by atoms with E-state index in [2.05, 4.69) is 0 Å². The lowest BCUT2D eigenvalue weighted by atomic mass is 10.1. The molecule has 0 saturated carbocycles. The highest BCUT2D eigenvalue weighted by Crippen LogP contribution is 2.28. The summed E-state index contributed by atoms with van der Waals surface area (Å²) >= 11 is 5.85. The fourth-order valence-corrected chi connectivity index (χ4v) is 3.98. The summed E-state index contributed by atoms with van der Waals surface area (Å²) in [5.74, 6) is -0.606. The van der Waals surface area contributed by atoms with Crippen molar-refractivity contribution in [3.63, 3.8) is 0 Å². The van der Waals surface area contributed by atoms with Gasteiger partial charge < -0.3 is 4.74 Å². The van der Waals surface area contributed by atoms with Crippen molar-refractivity contribution in [1.82, 2.24) is 0 Å². The zero-order chi connectivity index (χ0) is 18.4. The minimum atomic E-state index is -3.94. The largest absolute Gasteiger partial charge is 0.465 e. The number of esters is 1. The number of halogens is 1. The molecule has 0 spiro atoms. The summed E-state index contributed by atoms with van der Waals surface area (Å²) in [4.78, 5) is 12.1. The van der Waals surface area contributed by atoms with Crippen LogP contribution < -0.4 is 4.31 Å². The lowest BCUT2D eigenvalue weighted by Crippen LogP contribution is -2.37. The number of ether oxygens (including phenoxy) is 1. The molecular weight excluding hydrogens is 362 g/mol. The average molecular weight is 382 g/mol. The van der Waals surface area contributed by atoms with Crippen molar-refractivity contribution in [2.45, 2.75) is 25.2 Å². The molecule has 0 amide bonds. The fraction of sp³-hybridized carbons (Fsp3) is 0.278. The molecule has 0 bridgehead atoms. The zero-order valence-electron chi connectivity index (χ0n) is 14.1. The molecular formula is C18H20ClNO4S. The van der Waals surface area contributed by atoms with Crippen molar-refractivity contribution in [1.29, 1.82) is 0 Å². The monoisotopic (exact) mass is 381 g/mol. The Morgan fingerprint density at radius 3 is 2.32 bits per heavy atom. The normalized spacial score (nSPS) is 11.2. The summed E-state index contributed by atoms with van der Waals surface area (Å²) in [6.07, 6.45) is 0.631. The Bertz CT molecular complexity index is 834. The number of para-hydroxylation sites is 1. The highest BCUT2D eigenvalue weighted by molar-refractivity contribution is 7.92. The number of carbonyl (C=O) groups excluding carboxylic acids is 1. The molecule has 0 saturated heterocycles. The van der Waals surface area contributed by atoms with Crippen LogP contribution in [0, 0.1) is 0 Å². The number of hydrogen-bond donors (Lipinski definition) is 0. The van der Waals surface area contributed by atoms with Crippen LogP contribution in [-0.2, 0) is 26.0 Å². The molecule has 2 aromatic carbocycles. The highest BCUT2D eigenvalue weighted by Gasteiger charge is 2.28. The van der Waals surface area contributed by atoms with Crippen LogP contribution in [0.2, 0.25) is 5.02 Å². The highest BCUT2D eigenvalue weighted by atomic mass is 35.5. The van der Waals surface area contributed by atoms with Gasteiger partial charge in [-0.3, -0.25) is 9.10 Å². The van der Waals surface area contributed by atoms with Crippen molar-refractivity contribution in [3.05, 3.63) is 59.1 Å². The Morgan fingerprint density at radius 1 is 1.08 bits per heavy atom. The van der Waals surface area contributed by atoms with Gasteiger partial charge in [-0.15, -0.1) is 0 Å². The van der Waals surface area contributed by atoms with Crippen molar-refractivity contribution in [2.24, 2.45) is 0 Å². The van der Waals surface area contributed by atoms with Crippen LogP contribution in [-0.4, -0.2) is 27.5 Å². The van der Waals surface area contributed by atoms with Crippen LogP contribution in [0.4, 0.5) is 5.69 Å². The number of rotatable bonds is 7. The maximum absolute atomic E-state index is 13.1. The molecule has 0 aliphatic carbocycles. The molecule has 5 nitrogen and oxygen atoms in total. The topological polar surface area (TPSA) is 63.7 Å². The maximum atomic E-state index is 13.1. The van der Waals surface area contributed by atoms with Crippen molar-refractivity contribution < 1.29 is 17.9 Å². The van der Waals surface area contributed by atoms with Gasteiger partial charge in [0, 0.05) is 5.02 Å². The average Bonchev–Trinajstić information content (AvgIpc) is 2.60. The first-order valence-electron chi connectivity index (χ1n) is 7.92. The number of hydrogen-bond acceptors (Lipinski definition) is 4. The summed E-state index contributed by atoms with van der Waals surface area (Å²) in [7, 11) is -3.94. The third kappa shape index (κ3) is 4.52. The first kappa shape index (κ1) is 19.3. The van der Waals surface area contributed by atoms with E-state index in [9.17, 15) is 13.2 Å². The SMILES string of the molecule is CCOC(=O)CN(c1ccccc1CC)S(=O)(=O)c1ccc(Cl)cc1. The number of sulfonamides is 1. The van der Waals surface area contributed by atoms with Crippen molar-refractivity contribution >= 4 is 33.3 Å². The van der Waals surface area contributed by atoms with Crippen LogP contribution in [0.3, 0.4) is 0 Å². The Labute approximate surface area is 153 Å². The lowest BCUT2D eigenvalue weighted by molar-refractivity contribution is -0.141. The molecule has 0 heterocycles. The summed E-state index contributed by atoms with van der Waals surface area (Å²) < 4.78 is 32.3. The van der Waals surface area contributed by atoms with Gasteiger partial charge in [0.15, 0.2) is 0 Å². The molecule has 0 aliphatic heterocycles. The summed E-state index contributed by atoms with van der Waals surface area (Å²) in [6.45, 7) is 3.39. The minimum Gasteiger partial charge on any atom is -0.465 e. The van der Waals surface area contributed by atoms with Crippen molar-refractivity contribution in [2.75, 3.05) is 17.5 Å². The third-order valence-corrected chi connectivity index (χ3v) is 5.65. The van der Waals surface area contributed by atoms with Crippen LogP contribution >= 0.6 is 11.6 Å². The predicted octanol–water partition coefficient (Wildman–Crippen LogP) is 3.66. The van der Waals surface area contributed by atoms with Crippen LogP contribution in [0.1, 0.15) is 19.4 Å². The molecule has 7 heteroatoms. The molecule has 0 radical (unpaired) electrons. The van der Waals surface area contributed by atoms with E-state index in [0.29, 0.717) is 17.1 Å². The smallest absolute Gasteiger partial charge is 0.326 e. The van der Waals surface area contributed by atoms with Gasteiger partial charge >= 0.3 is 5.97 Å². The predicted molar refractivity (Wildman–Crippen MR) is 98.4 cm³/mol. The van der Waals surface area contributed by atoms with E-state index in [1.165, 1.54) is 24.3 Å². The maximum Gasteiger partial charge on any atom is 0.326 e. The number of nitrogens with zero attached hydrogens (tertiary/aromatic N) is 1. The Kier molecular flexibility index (Phi) is 6.45. The number of anilines is 1. The van der Waals surface area contributed by atoms with Gasteiger partial charge in [0.2, 0.25) is 0 Å². The first-order valence-corrected chi connectivity index (χ1v) is 9.73. The van der Waals surface area contributed by atoms with E-state index in [0.717, 1.165) is 9.87 Å². The van der Waals surface area contributed by atoms with E-state index in [4.69, 9.17) is 16.3 Å². The van der Waals surface area contributed by atoms with Gasteiger partial charge in [0.1, 0.15) is 6.54 Å². The molecule has 0 unspecified atom stereocenters. The second-order valence-electron chi connectivity index (χ2n) is 5.25. The van der Waals surface area contributed by atoms with Crippen LogP contribution in [0.15, 0.2) is 53.4 Å². The molecule has 0 atom stereocenters. The number of aryl methyl sites for hydroxylation is 1. The van der Waals surface area contributed by atoms with E-state index < -0.39 is 22.5 Å². The standard InChI is InChI=1S/C18H20ClNO4S/c1-3-14-7-5-6-8-17(14)20(13-18(21)24-4-2)25(22,23)16-11-9-15(19)10-12-16/h5-12H,3-4,13H2,1-2H3. The molecule has 2 aromatic rings. The number of carbonyl (C=O) groups is 1. The quantitative estimate of drug-likeness (QED) is 0.686. The van der Waals surface area contributed by atoms with Gasteiger partial charge in [0.25, 0.3) is 10.0 Å². The van der Waals surface area contributed by atoms with E-state index in [1.807, 2.05) is 19.1 Å². The second-order valence-corrected chi connectivity index (χ2v) is 7.55. The fourth-order valence-electron chi connectivity index (χ4n) is 2.41. The molecule has 0 N–H and O–H groups in total. The Balaban J connectivity index is 2.54. The van der Waals surface area contributed by atoms with Gasteiger partial charge in [-0.25, -0.2) is 8.42 Å². The van der Waals surface area contributed by atoms with Crippen LogP contribution in [0.5, 0.6) is 0 Å². The lowest BCUT2D eigenvalue weighted by Gasteiger charge is -2.25. The summed E-state index contributed by atoms with van der Waals surface area (Å²) in [5, 5.41) is 0.435. The molecule has 0 fully saturated rings. The van der Waals surface area contributed by atoms with Gasteiger partial charge in [-0.05, 0) is 49.2 Å². The molecule has 0 aliphatic rings. The molecule has 134 valence electrons. The second kappa shape index (κ2) is 8.36. The van der Waals surface area contributed by atoms with Gasteiger partial charge in [-0.1, -0.05) is 36.7 Å². The Hall–Kier alpha value is -2.05. The molecule has 2 rings (SSSR count). The molecule has 0 aromatic heterocycles. The summed E-state index contributed by atoms with van der Waals surface area (Å²) in [5.41, 5.74) is 1.29. The third-order valence-electron chi connectivity index (χ3n) is 3.62. The van der Waals surface area contributed by atoms with Gasteiger partial charge in [0.05, 0.1) is 17.2 Å². The minimum absolute atomic E-state index is 0.0621. The van der Waals surface area contributed by atoms with Crippen molar-refractivity contribution in [3.8, 4) is 0 Å². The Morgan fingerprint density at radius 2 is 1.72 bits per heavy atom. The zero-order valence-corrected chi connectivity index (χ0v) is 15.7. The summed E-state index contributed by atoms with van der Waals surface area (Å²) in [6, 6.07) is 12.9. The van der Waals surface area contributed by atoms with E-state index in [-0.39, 0.29) is 11.5 Å². The van der Waals surface area contributed by atoms with Gasteiger partial charge in [-0.2, -0.15) is 0 Å². The van der Waals surface area contributed by atoms with E-state index >= 15 is 0 Å².